The minimum absolute atomic E-state index is 0.0766. The van der Waals surface area contributed by atoms with E-state index in [-0.39, 0.29) is 11.4 Å². The van der Waals surface area contributed by atoms with Crippen LogP contribution in [0, 0.1) is 6.92 Å². The minimum Gasteiger partial charge on any atom is -0.546 e. The maximum atomic E-state index is 11.9. The van der Waals surface area contributed by atoms with Gasteiger partial charge in [-0.25, -0.2) is 4.79 Å². The molecule has 0 aliphatic heterocycles. The standard InChI is InChI=1S/C15H24O3Si/c1-10-8-9-11(14(16)17-5)13(18-19(6)7)12(10)15(2,3)4/h8-9,19H,1-7H3. The molecule has 0 spiro atoms. The lowest BCUT2D eigenvalue weighted by molar-refractivity contribution is 0.0598. The zero-order valence-corrected chi connectivity index (χ0v) is 14.1. The fourth-order valence-electron chi connectivity index (χ4n) is 2.24. The molecule has 1 aromatic carbocycles. The molecule has 0 amide bonds. The molecule has 0 saturated carbocycles. The van der Waals surface area contributed by atoms with E-state index in [0.717, 1.165) is 11.1 Å². The fraction of sp³-hybridized carbons (Fsp3) is 0.533. The molecule has 3 nitrogen and oxygen atoms in total. The van der Waals surface area contributed by atoms with Crippen molar-refractivity contribution in [2.45, 2.75) is 46.2 Å². The zero-order chi connectivity index (χ0) is 14.8. The molecule has 4 heteroatoms. The van der Waals surface area contributed by atoms with Gasteiger partial charge in [0.25, 0.3) is 0 Å². The molecule has 1 rings (SSSR count). The van der Waals surface area contributed by atoms with E-state index in [0.29, 0.717) is 11.3 Å². The summed E-state index contributed by atoms with van der Waals surface area (Å²) < 4.78 is 10.9. The highest BCUT2D eigenvalue weighted by molar-refractivity contribution is 6.49. The highest BCUT2D eigenvalue weighted by Gasteiger charge is 2.27. The summed E-state index contributed by atoms with van der Waals surface area (Å²) in [4.78, 5) is 11.9. The molecule has 0 unspecified atom stereocenters. The summed E-state index contributed by atoms with van der Waals surface area (Å²) in [5, 5.41) is 0. The molecule has 0 aromatic heterocycles. The van der Waals surface area contributed by atoms with Gasteiger partial charge >= 0.3 is 5.97 Å². The van der Waals surface area contributed by atoms with E-state index < -0.39 is 9.04 Å². The van der Waals surface area contributed by atoms with Crippen molar-refractivity contribution in [2.24, 2.45) is 0 Å². The Morgan fingerprint density at radius 3 is 2.21 bits per heavy atom. The molecule has 0 aliphatic rings. The van der Waals surface area contributed by atoms with Crippen LogP contribution in [0.2, 0.25) is 13.1 Å². The first-order valence-corrected chi connectivity index (χ1v) is 9.35. The number of ether oxygens (including phenoxy) is 1. The Bertz CT molecular complexity index is 473. The molecule has 19 heavy (non-hydrogen) atoms. The van der Waals surface area contributed by atoms with Gasteiger partial charge in [0.05, 0.1) is 7.11 Å². The molecule has 0 saturated heterocycles. The summed E-state index contributed by atoms with van der Waals surface area (Å²) >= 11 is 0. The first-order valence-electron chi connectivity index (χ1n) is 6.57. The highest BCUT2D eigenvalue weighted by Crippen LogP contribution is 2.37. The molecule has 0 radical (unpaired) electrons. The van der Waals surface area contributed by atoms with Crippen LogP contribution in [0.25, 0.3) is 0 Å². The lowest BCUT2D eigenvalue weighted by Crippen LogP contribution is -2.22. The number of hydrogen-bond acceptors (Lipinski definition) is 3. The second kappa shape index (κ2) is 5.78. The quantitative estimate of drug-likeness (QED) is 0.628. The Hall–Kier alpha value is -1.29. The number of benzene rings is 1. The van der Waals surface area contributed by atoms with Gasteiger partial charge in [-0.3, -0.25) is 0 Å². The molecule has 0 heterocycles. The number of aryl methyl sites for hydroxylation is 1. The largest absolute Gasteiger partial charge is 0.546 e. The number of esters is 1. The van der Waals surface area contributed by atoms with Crippen molar-refractivity contribution in [3.8, 4) is 5.75 Å². The molecule has 106 valence electrons. The monoisotopic (exact) mass is 280 g/mol. The average molecular weight is 280 g/mol. The van der Waals surface area contributed by atoms with Crippen LogP contribution in [0.5, 0.6) is 5.75 Å². The smallest absolute Gasteiger partial charge is 0.341 e. The van der Waals surface area contributed by atoms with Crippen LogP contribution in [-0.4, -0.2) is 22.1 Å². The van der Waals surface area contributed by atoms with Gasteiger partial charge in [-0.15, -0.1) is 0 Å². The lowest BCUT2D eigenvalue weighted by Gasteiger charge is -2.27. The molecular formula is C15H24O3Si. The summed E-state index contributed by atoms with van der Waals surface area (Å²) in [5.41, 5.74) is 2.69. The molecule has 0 fully saturated rings. The van der Waals surface area contributed by atoms with Crippen molar-refractivity contribution in [3.05, 3.63) is 28.8 Å². The molecular weight excluding hydrogens is 256 g/mol. The Morgan fingerprint density at radius 1 is 1.21 bits per heavy atom. The van der Waals surface area contributed by atoms with Crippen molar-refractivity contribution in [2.75, 3.05) is 7.11 Å². The summed E-state index contributed by atoms with van der Waals surface area (Å²) in [5.74, 6) is 0.371. The number of methoxy groups -OCH3 is 1. The number of carbonyl (C=O) groups excluding carboxylic acids is 1. The van der Waals surface area contributed by atoms with Crippen molar-refractivity contribution in [1.29, 1.82) is 0 Å². The maximum absolute atomic E-state index is 11.9. The third kappa shape index (κ3) is 3.59. The third-order valence-corrected chi connectivity index (χ3v) is 3.58. The van der Waals surface area contributed by atoms with Gasteiger partial charge in [-0.05, 0) is 37.1 Å². The van der Waals surface area contributed by atoms with Gasteiger partial charge in [0.2, 0.25) is 9.04 Å². The fourth-order valence-corrected chi connectivity index (χ4v) is 2.96. The van der Waals surface area contributed by atoms with Crippen LogP contribution in [0.4, 0.5) is 0 Å². The molecule has 0 atom stereocenters. The van der Waals surface area contributed by atoms with Crippen LogP contribution in [0.15, 0.2) is 12.1 Å². The van der Waals surface area contributed by atoms with Crippen LogP contribution in [0.3, 0.4) is 0 Å². The van der Waals surface area contributed by atoms with Gasteiger partial charge in [-0.2, -0.15) is 0 Å². The molecule has 1 aromatic rings. The summed E-state index contributed by atoms with van der Waals surface area (Å²) in [6, 6.07) is 3.75. The van der Waals surface area contributed by atoms with Crippen LogP contribution in [-0.2, 0) is 10.2 Å². The van der Waals surface area contributed by atoms with Gasteiger partial charge in [0, 0.05) is 5.56 Å². The Balaban J connectivity index is 3.55. The molecule has 0 bridgehead atoms. The first kappa shape index (κ1) is 15.8. The normalized spacial score (nSPS) is 11.6. The maximum Gasteiger partial charge on any atom is 0.341 e. The first-order chi connectivity index (χ1) is 8.68. The Labute approximate surface area is 117 Å². The van der Waals surface area contributed by atoms with Crippen LogP contribution in [0.1, 0.15) is 42.3 Å². The molecule has 0 N–H and O–H groups in total. The molecule has 0 aliphatic carbocycles. The van der Waals surface area contributed by atoms with Crippen molar-refractivity contribution < 1.29 is 14.0 Å². The van der Waals surface area contributed by atoms with E-state index in [4.69, 9.17) is 9.16 Å². The van der Waals surface area contributed by atoms with E-state index in [2.05, 4.69) is 40.8 Å². The number of carbonyl (C=O) groups is 1. The van der Waals surface area contributed by atoms with Crippen molar-refractivity contribution in [3.63, 3.8) is 0 Å². The summed E-state index contributed by atoms with van der Waals surface area (Å²) in [6.45, 7) is 12.6. The minimum atomic E-state index is -1.31. The van der Waals surface area contributed by atoms with Gasteiger partial charge < -0.3 is 9.16 Å². The predicted octanol–water partition coefficient (Wildman–Crippen LogP) is 3.44. The number of hydrogen-bond donors (Lipinski definition) is 0. The lowest BCUT2D eigenvalue weighted by atomic mass is 9.82. The van der Waals surface area contributed by atoms with Crippen LogP contribution < -0.4 is 4.43 Å². The summed E-state index contributed by atoms with van der Waals surface area (Å²) in [7, 11) is 0.0925. The van der Waals surface area contributed by atoms with Crippen molar-refractivity contribution in [1.82, 2.24) is 0 Å². The van der Waals surface area contributed by atoms with Gasteiger partial charge in [-0.1, -0.05) is 26.8 Å². The third-order valence-electron chi connectivity index (χ3n) is 2.87. The predicted molar refractivity (Wildman–Crippen MR) is 80.7 cm³/mol. The van der Waals surface area contributed by atoms with Crippen molar-refractivity contribution >= 4 is 15.0 Å². The van der Waals surface area contributed by atoms with E-state index in [9.17, 15) is 4.79 Å². The second-order valence-electron chi connectivity index (χ2n) is 6.04. The van der Waals surface area contributed by atoms with Crippen LogP contribution >= 0.6 is 0 Å². The highest BCUT2D eigenvalue weighted by atomic mass is 28.3. The van der Waals surface area contributed by atoms with Gasteiger partial charge in [0.1, 0.15) is 11.3 Å². The summed E-state index contributed by atoms with van der Waals surface area (Å²) in [6.07, 6.45) is 0. The van der Waals surface area contributed by atoms with E-state index in [1.54, 1.807) is 6.07 Å². The van der Waals surface area contributed by atoms with E-state index >= 15 is 0 Å². The van der Waals surface area contributed by atoms with Gasteiger partial charge in [0.15, 0.2) is 0 Å². The topological polar surface area (TPSA) is 35.5 Å². The number of rotatable bonds is 3. The SMILES string of the molecule is COC(=O)c1ccc(C)c(C(C)(C)C)c1O[SiH](C)C. The van der Waals surface area contributed by atoms with E-state index in [1.807, 2.05) is 6.07 Å². The van der Waals surface area contributed by atoms with E-state index in [1.165, 1.54) is 7.11 Å². The zero-order valence-electron chi connectivity index (χ0n) is 13.0. The Morgan fingerprint density at radius 2 is 1.79 bits per heavy atom. The average Bonchev–Trinajstić information content (AvgIpc) is 2.25. The second-order valence-corrected chi connectivity index (χ2v) is 8.38. The Kier molecular flexibility index (Phi) is 4.79.